The van der Waals surface area contributed by atoms with Gasteiger partial charge >= 0.3 is 0 Å². The zero-order chi connectivity index (χ0) is 20.3. The maximum atomic E-state index is 14.9. The normalized spacial score (nSPS) is 16.3. The molecule has 1 aromatic carbocycles. The van der Waals surface area contributed by atoms with Gasteiger partial charge in [0.2, 0.25) is 10.0 Å². The van der Waals surface area contributed by atoms with Crippen LogP contribution in [0.15, 0.2) is 30.5 Å². The highest BCUT2D eigenvalue weighted by Crippen LogP contribution is 2.21. The van der Waals surface area contributed by atoms with Crippen molar-refractivity contribution in [2.45, 2.75) is 20.0 Å². The predicted molar refractivity (Wildman–Crippen MR) is 103 cm³/mol. The predicted octanol–water partition coefficient (Wildman–Crippen LogP) is 2.18. The molecule has 3 rings (SSSR count). The Labute approximate surface area is 164 Å². The third-order valence-corrected chi connectivity index (χ3v) is 6.08. The first-order chi connectivity index (χ1) is 13.2. The minimum Gasteiger partial charge on any atom is -0.296 e. The standard InChI is InChI=1S/C19H23F2N4O2S/c1-14-3-5-16(11-22-14)23-12-17-18(20)6-4-15(19(17)21)13-24-7-9-25(10-8-24)28(2,26)27/h3-6,11H,7-10,12-13H2,1-2H3. The van der Waals surface area contributed by atoms with Crippen molar-refractivity contribution in [2.75, 3.05) is 32.4 Å². The number of nitrogens with zero attached hydrogens (tertiary/aromatic N) is 4. The zero-order valence-corrected chi connectivity index (χ0v) is 16.7. The zero-order valence-electron chi connectivity index (χ0n) is 15.9. The largest absolute Gasteiger partial charge is 0.296 e. The third kappa shape index (κ3) is 5.03. The number of aryl methyl sites for hydroxylation is 1. The van der Waals surface area contributed by atoms with Crippen LogP contribution in [-0.4, -0.2) is 55.0 Å². The SMILES string of the molecule is Cc1ccc([N]Cc2c(F)ccc(CN3CCN(S(C)(=O)=O)CC3)c2F)cn1. The van der Waals surface area contributed by atoms with Crippen LogP contribution < -0.4 is 5.32 Å². The van der Waals surface area contributed by atoms with Crippen LogP contribution in [0.5, 0.6) is 0 Å². The molecule has 1 aliphatic heterocycles. The molecule has 0 atom stereocenters. The van der Waals surface area contributed by atoms with Crippen LogP contribution in [-0.2, 0) is 23.1 Å². The molecule has 28 heavy (non-hydrogen) atoms. The van der Waals surface area contributed by atoms with Gasteiger partial charge < -0.3 is 0 Å². The molecule has 1 radical (unpaired) electrons. The van der Waals surface area contributed by atoms with E-state index in [-0.39, 0.29) is 12.1 Å². The Morgan fingerprint density at radius 2 is 1.82 bits per heavy atom. The Hall–Kier alpha value is -2.10. The molecular formula is C19H23F2N4O2S. The highest BCUT2D eigenvalue weighted by Gasteiger charge is 2.24. The number of aromatic nitrogens is 1. The molecule has 151 valence electrons. The molecule has 2 aromatic rings. The topological polar surface area (TPSA) is 67.6 Å². The van der Waals surface area contributed by atoms with E-state index in [9.17, 15) is 17.2 Å². The summed E-state index contributed by atoms with van der Waals surface area (Å²) in [5.41, 5.74) is 1.70. The van der Waals surface area contributed by atoms with E-state index in [1.807, 2.05) is 11.8 Å². The minimum absolute atomic E-state index is 0.0761. The van der Waals surface area contributed by atoms with Crippen LogP contribution in [0.2, 0.25) is 0 Å². The van der Waals surface area contributed by atoms with Gasteiger partial charge in [-0.3, -0.25) is 15.2 Å². The molecule has 9 heteroatoms. The lowest BCUT2D eigenvalue weighted by Gasteiger charge is -2.33. The van der Waals surface area contributed by atoms with Gasteiger partial charge in [0.15, 0.2) is 0 Å². The summed E-state index contributed by atoms with van der Waals surface area (Å²) in [5, 5.41) is 4.23. The second-order valence-corrected chi connectivity index (χ2v) is 8.89. The maximum absolute atomic E-state index is 14.9. The Bertz CT molecular complexity index is 928. The molecule has 0 bridgehead atoms. The van der Waals surface area contributed by atoms with Gasteiger partial charge in [0.1, 0.15) is 11.6 Å². The number of benzene rings is 1. The Morgan fingerprint density at radius 3 is 2.43 bits per heavy atom. The molecule has 0 amide bonds. The first-order valence-corrected chi connectivity index (χ1v) is 10.8. The fourth-order valence-corrected chi connectivity index (χ4v) is 3.92. The maximum Gasteiger partial charge on any atom is 0.211 e. The molecule has 0 spiro atoms. The second kappa shape index (κ2) is 8.50. The van der Waals surface area contributed by atoms with Crippen molar-refractivity contribution in [1.82, 2.24) is 19.5 Å². The molecule has 1 saturated heterocycles. The molecule has 2 heterocycles. The van der Waals surface area contributed by atoms with Crippen molar-refractivity contribution in [2.24, 2.45) is 0 Å². The van der Waals surface area contributed by atoms with E-state index in [2.05, 4.69) is 10.3 Å². The van der Waals surface area contributed by atoms with Gasteiger partial charge in [-0.05, 0) is 25.1 Å². The summed E-state index contributed by atoms with van der Waals surface area (Å²) in [6.45, 7) is 3.76. The second-order valence-electron chi connectivity index (χ2n) is 6.91. The number of hydrogen-bond acceptors (Lipinski definition) is 4. The molecule has 0 saturated carbocycles. The van der Waals surface area contributed by atoms with E-state index in [1.54, 1.807) is 18.3 Å². The van der Waals surface area contributed by atoms with Gasteiger partial charge in [-0.2, -0.15) is 4.31 Å². The number of piperazine rings is 1. The van der Waals surface area contributed by atoms with E-state index in [4.69, 9.17) is 0 Å². The molecule has 0 unspecified atom stereocenters. The van der Waals surface area contributed by atoms with Crippen molar-refractivity contribution >= 4 is 15.7 Å². The lowest BCUT2D eigenvalue weighted by Crippen LogP contribution is -2.47. The number of hydrogen-bond donors (Lipinski definition) is 0. The van der Waals surface area contributed by atoms with Crippen molar-refractivity contribution in [3.63, 3.8) is 0 Å². The number of pyridine rings is 1. The van der Waals surface area contributed by atoms with Gasteiger partial charge in [-0.1, -0.05) is 6.07 Å². The molecule has 6 nitrogen and oxygen atoms in total. The van der Waals surface area contributed by atoms with Crippen molar-refractivity contribution < 1.29 is 17.2 Å². The Kier molecular flexibility index (Phi) is 6.26. The van der Waals surface area contributed by atoms with Crippen LogP contribution in [0, 0.1) is 18.6 Å². The van der Waals surface area contributed by atoms with Crippen molar-refractivity contribution in [3.8, 4) is 0 Å². The van der Waals surface area contributed by atoms with E-state index in [0.29, 0.717) is 44.0 Å². The fourth-order valence-electron chi connectivity index (χ4n) is 3.10. The summed E-state index contributed by atoms with van der Waals surface area (Å²) in [4.78, 5) is 6.08. The summed E-state index contributed by atoms with van der Waals surface area (Å²) in [6.07, 6.45) is 2.75. The van der Waals surface area contributed by atoms with Crippen molar-refractivity contribution in [1.29, 1.82) is 0 Å². The molecule has 1 fully saturated rings. The summed E-state index contributed by atoms with van der Waals surface area (Å²) in [6, 6.07) is 6.23. The molecule has 0 N–H and O–H groups in total. The highest BCUT2D eigenvalue weighted by atomic mass is 32.2. The first-order valence-electron chi connectivity index (χ1n) is 8.97. The number of rotatable bonds is 6. The van der Waals surface area contributed by atoms with Crippen LogP contribution >= 0.6 is 0 Å². The van der Waals surface area contributed by atoms with E-state index in [1.165, 1.54) is 22.7 Å². The van der Waals surface area contributed by atoms with Gasteiger partial charge in [0.05, 0.1) is 24.7 Å². The summed E-state index contributed by atoms with van der Waals surface area (Å²) in [5.74, 6) is -1.23. The smallest absolute Gasteiger partial charge is 0.211 e. The number of sulfonamides is 1. The number of halogens is 2. The highest BCUT2D eigenvalue weighted by molar-refractivity contribution is 7.88. The molecule has 1 aromatic heterocycles. The van der Waals surface area contributed by atoms with E-state index >= 15 is 0 Å². The van der Waals surface area contributed by atoms with Gasteiger partial charge in [0, 0.05) is 49.5 Å². The van der Waals surface area contributed by atoms with Crippen LogP contribution in [0.4, 0.5) is 14.5 Å². The first kappa shape index (κ1) is 20.6. The summed E-state index contributed by atoms with van der Waals surface area (Å²) < 4.78 is 53.6. The van der Waals surface area contributed by atoms with Crippen molar-refractivity contribution in [3.05, 3.63) is 58.9 Å². The molecular weight excluding hydrogens is 386 g/mol. The van der Waals surface area contributed by atoms with Crippen LogP contribution in [0.25, 0.3) is 0 Å². The van der Waals surface area contributed by atoms with Gasteiger partial charge in [0.25, 0.3) is 0 Å². The summed E-state index contributed by atoms with van der Waals surface area (Å²) >= 11 is 0. The Balaban J connectivity index is 1.66. The fraction of sp³-hybridized carbons (Fsp3) is 0.421. The summed E-state index contributed by atoms with van der Waals surface area (Å²) in [7, 11) is -3.21. The average molecular weight is 409 g/mol. The average Bonchev–Trinajstić information content (AvgIpc) is 2.65. The quantitative estimate of drug-likeness (QED) is 0.734. The van der Waals surface area contributed by atoms with Gasteiger partial charge in [-0.15, -0.1) is 0 Å². The third-order valence-electron chi connectivity index (χ3n) is 4.78. The molecule has 0 aliphatic carbocycles. The van der Waals surface area contributed by atoms with Gasteiger partial charge in [-0.25, -0.2) is 17.2 Å². The van der Waals surface area contributed by atoms with Crippen LogP contribution in [0.3, 0.4) is 0 Å². The van der Waals surface area contributed by atoms with E-state index < -0.39 is 21.7 Å². The molecule has 1 aliphatic rings. The monoisotopic (exact) mass is 409 g/mol. The lowest BCUT2D eigenvalue weighted by molar-refractivity contribution is 0.180. The van der Waals surface area contributed by atoms with E-state index in [0.717, 1.165) is 5.69 Å². The lowest BCUT2D eigenvalue weighted by atomic mass is 10.1. The van der Waals surface area contributed by atoms with Crippen LogP contribution in [0.1, 0.15) is 16.8 Å². The minimum atomic E-state index is -3.21. The Morgan fingerprint density at radius 1 is 1.11 bits per heavy atom.